The number of carbonyl (C=O) groups excluding carboxylic acids is 2. The number of benzene rings is 2. The Morgan fingerprint density at radius 2 is 1.57 bits per heavy atom. The summed E-state index contributed by atoms with van der Waals surface area (Å²) in [4.78, 5) is 26.3. The Morgan fingerprint density at radius 1 is 0.936 bits per heavy atom. The second-order valence-corrected chi connectivity index (χ2v) is 11.8. The minimum Gasteiger partial charge on any atom is -0.391 e. The first-order chi connectivity index (χ1) is 22.8. The number of ketones is 1. The van der Waals surface area contributed by atoms with Crippen LogP contribution in [0.5, 0.6) is 0 Å². The quantitative estimate of drug-likeness (QED) is 0.141. The van der Waals surface area contributed by atoms with Crippen molar-refractivity contribution in [3.8, 4) is 29.6 Å². The van der Waals surface area contributed by atoms with Crippen molar-refractivity contribution in [2.45, 2.75) is 64.3 Å². The molecule has 0 spiro atoms. The number of aldehydes is 1. The van der Waals surface area contributed by atoms with Crippen LogP contribution in [0.1, 0.15) is 74.7 Å². The van der Waals surface area contributed by atoms with E-state index in [0.717, 1.165) is 54.0 Å². The van der Waals surface area contributed by atoms with E-state index in [0.29, 0.717) is 48.0 Å². The van der Waals surface area contributed by atoms with Gasteiger partial charge in [-0.2, -0.15) is 15.8 Å². The van der Waals surface area contributed by atoms with Crippen molar-refractivity contribution in [1.29, 1.82) is 15.8 Å². The summed E-state index contributed by atoms with van der Waals surface area (Å²) in [5.74, 6) is 0.0363. The third-order valence-electron chi connectivity index (χ3n) is 8.94. The van der Waals surface area contributed by atoms with Crippen molar-refractivity contribution in [3.63, 3.8) is 0 Å². The van der Waals surface area contributed by atoms with Crippen molar-refractivity contribution in [2.24, 2.45) is 0 Å². The van der Waals surface area contributed by atoms with Crippen LogP contribution in [0.3, 0.4) is 0 Å². The van der Waals surface area contributed by atoms with Gasteiger partial charge in [0.25, 0.3) is 0 Å². The number of nitrogens with zero attached hydrogens (tertiary/aromatic N) is 6. The predicted octanol–water partition coefficient (Wildman–Crippen LogP) is 5.34. The van der Waals surface area contributed by atoms with E-state index in [1.54, 1.807) is 30.3 Å². The van der Waals surface area contributed by atoms with E-state index >= 15 is 0 Å². The highest BCUT2D eigenvalue weighted by molar-refractivity contribution is 5.99. The van der Waals surface area contributed by atoms with Crippen LogP contribution in [0.15, 0.2) is 66.7 Å². The molecule has 2 aromatic heterocycles. The summed E-state index contributed by atoms with van der Waals surface area (Å²) >= 11 is 0. The van der Waals surface area contributed by atoms with Gasteiger partial charge in [0.2, 0.25) is 0 Å². The van der Waals surface area contributed by atoms with Gasteiger partial charge in [0.1, 0.15) is 0 Å². The Morgan fingerprint density at radius 3 is 2.11 bits per heavy atom. The highest BCUT2D eigenvalue weighted by atomic mass is 16.5. The third kappa shape index (κ3) is 7.09. The van der Waals surface area contributed by atoms with E-state index in [-0.39, 0.29) is 24.5 Å². The Labute approximate surface area is 274 Å². The zero-order valence-corrected chi connectivity index (χ0v) is 26.5. The third-order valence-corrected chi connectivity index (χ3v) is 8.94. The largest absolute Gasteiger partial charge is 0.391 e. The highest BCUT2D eigenvalue weighted by Gasteiger charge is 2.46. The number of rotatable bonds is 10. The predicted molar refractivity (Wildman–Crippen MR) is 174 cm³/mol. The fourth-order valence-electron chi connectivity index (χ4n) is 6.65. The molecule has 3 atom stereocenters. The van der Waals surface area contributed by atoms with E-state index in [2.05, 4.69) is 23.1 Å². The number of fused-ring (bicyclic) bond motifs is 2. The van der Waals surface area contributed by atoms with Crippen molar-refractivity contribution < 1.29 is 19.4 Å². The molecule has 0 amide bonds. The van der Waals surface area contributed by atoms with Gasteiger partial charge in [0.15, 0.2) is 12.1 Å². The van der Waals surface area contributed by atoms with Crippen LogP contribution >= 0.6 is 0 Å². The first kappa shape index (κ1) is 33.1. The van der Waals surface area contributed by atoms with E-state index < -0.39 is 0 Å². The van der Waals surface area contributed by atoms with Gasteiger partial charge in [0.05, 0.1) is 67.3 Å². The molecule has 10 heteroatoms. The summed E-state index contributed by atoms with van der Waals surface area (Å²) in [6.45, 7) is 4.76. The standard InChI is InChI=1S/C24H26N4O3.C13H10N2O/c1-16-21(24(30)14-27-19-7-8-22(27)23(29)12-19)11-20(15-31-10-2-9-25)28(16)18-5-3-17(13-26)4-6-18;1-10-2-5-13(9-16)15(10)12-6-3-11(8-14)4-7-12/h3-6,11,19,22-23,29H,2,7-8,10,12,14-15H2,1H3;2-7,9H,1H3/t19?,22?,23-;/m0./s1. The molecule has 2 saturated heterocycles. The second kappa shape index (κ2) is 14.9. The SMILES string of the molecule is Cc1c(C(=O)CN2C3CCC2[C@@H](O)C3)cc(COCCC#N)n1-c1ccc(C#N)cc1.Cc1ccc(C=O)n1-c1ccc(C#N)cc1. The minimum absolute atomic E-state index is 0.0363. The molecule has 2 unspecified atom stereocenters. The number of carbonyl (C=O) groups is 2. The molecular formula is C37H36N6O4. The number of aromatic nitrogens is 2. The zero-order chi connectivity index (χ0) is 33.5. The number of ether oxygens (including phenoxy) is 1. The molecule has 0 aliphatic carbocycles. The topological polar surface area (TPSA) is 148 Å². The number of hydrogen-bond acceptors (Lipinski definition) is 8. The monoisotopic (exact) mass is 628 g/mol. The molecule has 0 saturated carbocycles. The smallest absolute Gasteiger partial charge is 0.178 e. The number of hydrogen-bond donors (Lipinski definition) is 1. The maximum absolute atomic E-state index is 13.3. The van der Waals surface area contributed by atoms with E-state index in [1.807, 2.05) is 59.4 Å². The number of aliphatic hydroxyl groups excluding tert-OH is 1. The lowest BCUT2D eigenvalue weighted by Gasteiger charge is -2.21. The van der Waals surface area contributed by atoms with Gasteiger partial charge in [-0.1, -0.05) is 0 Å². The molecule has 47 heavy (non-hydrogen) atoms. The van der Waals surface area contributed by atoms with Crippen LogP contribution in [0.2, 0.25) is 0 Å². The summed E-state index contributed by atoms with van der Waals surface area (Å²) in [6, 6.07) is 26.5. The molecule has 10 nitrogen and oxygen atoms in total. The Bertz CT molecular complexity index is 1870. The summed E-state index contributed by atoms with van der Waals surface area (Å²) in [6.07, 6.45) is 3.54. The summed E-state index contributed by atoms with van der Waals surface area (Å²) in [7, 11) is 0. The van der Waals surface area contributed by atoms with E-state index in [9.17, 15) is 14.7 Å². The Hall–Kier alpha value is -5.31. The molecule has 2 bridgehead atoms. The Kier molecular flexibility index (Phi) is 10.5. The molecule has 2 aliphatic rings. The number of nitriles is 3. The summed E-state index contributed by atoms with van der Waals surface area (Å²) in [5, 5.41) is 36.7. The molecule has 1 N–H and O–H groups in total. The highest BCUT2D eigenvalue weighted by Crippen LogP contribution is 2.38. The lowest BCUT2D eigenvalue weighted by molar-refractivity contribution is 0.0873. The van der Waals surface area contributed by atoms with E-state index in [4.69, 9.17) is 20.5 Å². The average Bonchev–Trinajstić information content (AvgIpc) is 3.84. The first-order valence-corrected chi connectivity index (χ1v) is 15.6. The van der Waals surface area contributed by atoms with Crippen LogP contribution in [0.4, 0.5) is 0 Å². The minimum atomic E-state index is -0.333. The van der Waals surface area contributed by atoms with Crippen molar-refractivity contribution >= 4 is 12.1 Å². The van der Waals surface area contributed by atoms with Gasteiger partial charge in [0, 0.05) is 46.1 Å². The fourth-order valence-corrected chi connectivity index (χ4v) is 6.65. The van der Waals surface area contributed by atoms with Gasteiger partial charge in [-0.3, -0.25) is 14.5 Å². The molecule has 238 valence electrons. The van der Waals surface area contributed by atoms with Gasteiger partial charge in [-0.05, 0) is 99.8 Å². The summed E-state index contributed by atoms with van der Waals surface area (Å²) in [5.41, 5.74) is 6.82. The van der Waals surface area contributed by atoms with Gasteiger partial charge in [-0.25, -0.2) is 0 Å². The van der Waals surface area contributed by atoms with Crippen molar-refractivity contribution in [3.05, 3.63) is 106 Å². The maximum Gasteiger partial charge on any atom is 0.178 e. The van der Waals surface area contributed by atoms with Crippen LogP contribution in [-0.4, -0.2) is 62.5 Å². The molecular weight excluding hydrogens is 592 g/mol. The first-order valence-electron chi connectivity index (χ1n) is 15.6. The molecule has 4 aromatic rings. The average molecular weight is 629 g/mol. The number of Topliss-reactive ketones (excluding diaryl/α,β-unsaturated/α-hetero) is 1. The fraction of sp³-hybridized carbons (Fsp3) is 0.324. The number of aryl methyl sites for hydroxylation is 1. The van der Waals surface area contributed by atoms with Crippen molar-refractivity contribution in [1.82, 2.24) is 14.0 Å². The van der Waals surface area contributed by atoms with E-state index in [1.165, 1.54) is 0 Å². The van der Waals surface area contributed by atoms with Crippen LogP contribution in [0, 0.1) is 47.8 Å². The summed E-state index contributed by atoms with van der Waals surface area (Å²) < 4.78 is 9.49. The van der Waals surface area contributed by atoms with Crippen LogP contribution in [0.25, 0.3) is 11.4 Å². The lowest BCUT2D eigenvalue weighted by Crippen LogP contribution is -2.36. The van der Waals surface area contributed by atoms with Gasteiger partial charge >= 0.3 is 0 Å². The van der Waals surface area contributed by atoms with Crippen molar-refractivity contribution in [2.75, 3.05) is 13.2 Å². The van der Waals surface area contributed by atoms with Gasteiger partial charge in [-0.15, -0.1) is 0 Å². The maximum atomic E-state index is 13.3. The molecule has 2 aromatic carbocycles. The normalized spacial score (nSPS) is 18.1. The second-order valence-electron chi connectivity index (χ2n) is 11.8. The molecule has 4 heterocycles. The van der Waals surface area contributed by atoms with Gasteiger partial charge < -0.3 is 19.0 Å². The molecule has 2 fully saturated rings. The number of aliphatic hydroxyl groups is 1. The van der Waals surface area contributed by atoms with Crippen LogP contribution < -0.4 is 0 Å². The molecule has 6 rings (SSSR count). The Balaban J connectivity index is 0.000000227. The molecule has 0 radical (unpaired) electrons. The molecule has 2 aliphatic heterocycles. The zero-order valence-electron chi connectivity index (χ0n) is 26.5. The van der Waals surface area contributed by atoms with Crippen LogP contribution in [-0.2, 0) is 11.3 Å². The lowest BCUT2D eigenvalue weighted by atomic mass is 9.98.